The van der Waals surface area contributed by atoms with E-state index < -0.39 is 159 Å². The Balaban J connectivity index is 1.06. The molecule has 3 aliphatic heterocycles. The van der Waals surface area contributed by atoms with Gasteiger partial charge < -0.3 is 88.7 Å². The van der Waals surface area contributed by atoms with E-state index in [1.54, 1.807) is 12.4 Å². The zero-order valence-corrected chi connectivity index (χ0v) is 51.6. The second-order valence-electron chi connectivity index (χ2n) is 21.2. The first kappa shape index (κ1) is 71.1. The number of carbonyl (C=O) groups is 10. The summed E-state index contributed by atoms with van der Waals surface area (Å²) in [5, 5.41) is 61.8. The van der Waals surface area contributed by atoms with Crippen LogP contribution in [-0.4, -0.2) is 224 Å². The Morgan fingerprint density at radius 3 is 1.33 bits per heavy atom. The Labute approximate surface area is 523 Å². The number of amides is 4. The number of hydrazine groups is 2. The van der Waals surface area contributed by atoms with E-state index in [1.165, 1.54) is 23.5 Å². The molecule has 0 radical (unpaired) electrons. The Hall–Kier alpha value is -9.96. The first-order chi connectivity index (χ1) is 43.6. The molecule has 0 saturated carbocycles. The highest BCUT2D eigenvalue weighted by Gasteiger charge is 2.54. The van der Waals surface area contributed by atoms with E-state index in [1.807, 2.05) is 30.3 Å². The van der Waals surface area contributed by atoms with Crippen LogP contribution in [0.5, 0.6) is 0 Å². The second-order valence-corrected chi connectivity index (χ2v) is 21.2. The van der Waals surface area contributed by atoms with Crippen molar-refractivity contribution in [3.05, 3.63) is 70.1 Å². The van der Waals surface area contributed by atoms with E-state index in [2.05, 4.69) is 52.4 Å². The standard InChI is InChI=1S/C52H72N16O24/c1-28(69)55-43-47(87-34(7)75)45(85-32(5)73)39(22-81-30(3)71)89-50(43)91-61-67(79)63(9)20-41(77)53-16-37-18-65(59-57-37)24-52(26-83-49(84-27-52)36-14-12-11-13-15-36)25-66-19-38(58-60-66)17-54-42(78)21-64(10)68(80)62-92-51-44(56-29(2)70)48(88-35(8)76)46(86-33(6)74)40(90-51)23-82-31(4)72/h11-15,18-19,39-40,43-51H,16-17,20-27H2,1-10H3,(H,53,77)(H,54,78)(H,55,69)(H,56,70)/b67-61-,68-62-/t39-,40-,43-,44-,45-,46-,47-,48-,50+,51+/m1/s1. The van der Waals surface area contributed by atoms with Crippen molar-refractivity contribution in [1.82, 2.24) is 61.3 Å². The largest absolute Gasteiger partial charge is 0.569 e. The van der Waals surface area contributed by atoms with Crippen molar-refractivity contribution in [3.63, 3.8) is 0 Å². The van der Waals surface area contributed by atoms with E-state index in [0.29, 0.717) is 11.4 Å². The fraction of sp³-hybridized carbons (Fsp3) is 0.615. The summed E-state index contributed by atoms with van der Waals surface area (Å²) in [6.07, 6.45) is -9.57. The Kier molecular flexibility index (Phi) is 25.7. The van der Waals surface area contributed by atoms with E-state index >= 15 is 0 Å². The maximum absolute atomic E-state index is 13.1. The highest BCUT2D eigenvalue weighted by molar-refractivity contribution is 5.78. The molecule has 40 nitrogen and oxygen atoms in total. The minimum Gasteiger partial charge on any atom is -0.569 e. The highest BCUT2D eigenvalue weighted by Crippen LogP contribution is 2.35. The lowest BCUT2D eigenvalue weighted by Gasteiger charge is -2.43. The van der Waals surface area contributed by atoms with Crippen molar-refractivity contribution in [3.8, 4) is 0 Å². The van der Waals surface area contributed by atoms with Gasteiger partial charge in [-0.05, 0) is 0 Å². The summed E-state index contributed by atoms with van der Waals surface area (Å²) in [5.41, 5.74) is 0.488. The minimum absolute atomic E-state index is 0.110. The van der Waals surface area contributed by atoms with Crippen molar-refractivity contribution in [2.45, 2.75) is 149 Å². The fourth-order valence-electron chi connectivity index (χ4n) is 9.40. The van der Waals surface area contributed by atoms with Crippen LogP contribution in [0.3, 0.4) is 0 Å². The molecule has 3 aromatic rings. The van der Waals surface area contributed by atoms with Crippen LogP contribution in [0, 0.1) is 15.8 Å². The number of aromatic nitrogens is 6. The molecule has 3 fully saturated rings. The number of ether oxygens (including phenoxy) is 10. The summed E-state index contributed by atoms with van der Waals surface area (Å²) in [4.78, 5) is 133. The van der Waals surface area contributed by atoms with Crippen LogP contribution in [0.2, 0.25) is 0 Å². The predicted molar refractivity (Wildman–Crippen MR) is 295 cm³/mol. The molecule has 1 aromatic carbocycles. The van der Waals surface area contributed by atoms with Crippen LogP contribution >= 0.6 is 0 Å². The van der Waals surface area contributed by atoms with Gasteiger partial charge in [-0.15, -0.1) is 20.2 Å². The molecular weight excluding hydrogens is 1230 g/mol. The van der Waals surface area contributed by atoms with Crippen molar-refractivity contribution in [2.75, 3.05) is 53.6 Å². The molecule has 92 heavy (non-hydrogen) atoms. The van der Waals surface area contributed by atoms with E-state index in [-0.39, 0.29) is 49.3 Å². The van der Waals surface area contributed by atoms with Gasteiger partial charge in [0.05, 0.1) is 81.2 Å². The molecule has 3 saturated heterocycles. The van der Waals surface area contributed by atoms with Crippen LogP contribution in [0.15, 0.2) is 53.3 Å². The lowest BCUT2D eigenvalue weighted by Crippen LogP contribution is -2.66. The van der Waals surface area contributed by atoms with Crippen molar-refractivity contribution < 1.29 is 115 Å². The predicted octanol–water partition coefficient (Wildman–Crippen LogP) is -2.67. The summed E-state index contributed by atoms with van der Waals surface area (Å²) < 4.78 is 58.8. The van der Waals surface area contributed by atoms with Gasteiger partial charge in [-0.25, -0.2) is 0 Å². The number of esters is 6. The molecule has 0 spiro atoms. The van der Waals surface area contributed by atoms with Gasteiger partial charge in [0.1, 0.15) is 48.9 Å². The first-order valence-corrected chi connectivity index (χ1v) is 28.1. The maximum Gasteiger partial charge on any atom is 0.303 e. The molecule has 3 aliphatic rings. The van der Waals surface area contributed by atoms with Gasteiger partial charge in [0.25, 0.3) is 12.6 Å². The smallest absolute Gasteiger partial charge is 0.303 e. The van der Waals surface area contributed by atoms with Gasteiger partial charge in [-0.3, -0.25) is 57.3 Å². The monoisotopic (exact) mass is 1300 g/mol. The number of hydrogen-bond acceptors (Lipinski definition) is 30. The number of nitrogens with zero attached hydrogens (tertiary/aromatic N) is 12. The van der Waals surface area contributed by atoms with Gasteiger partial charge >= 0.3 is 35.8 Å². The van der Waals surface area contributed by atoms with Gasteiger partial charge in [0, 0.05) is 61.0 Å². The number of carbonyl (C=O) groups excluding carboxylic acids is 10. The minimum atomic E-state index is -1.71. The molecule has 40 heteroatoms. The highest BCUT2D eigenvalue weighted by atomic mass is 16.8. The first-order valence-electron chi connectivity index (χ1n) is 28.1. The molecule has 10 atom stereocenters. The number of rotatable bonds is 29. The molecule has 4 N–H and O–H groups in total. The van der Waals surface area contributed by atoms with Gasteiger partial charge in [0.2, 0.25) is 34.2 Å². The Morgan fingerprint density at radius 2 is 0.967 bits per heavy atom. The van der Waals surface area contributed by atoms with E-state index in [0.717, 1.165) is 71.0 Å². The average Bonchev–Trinajstić information content (AvgIpc) is 0.833. The molecule has 4 amide bonds. The summed E-state index contributed by atoms with van der Waals surface area (Å²) >= 11 is 0. The van der Waals surface area contributed by atoms with E-state index in [4.69, 9.17) is 57.0 Å². The SMILES string of the molecule is CC(=O)N[C@H]1[C@H](O/N=[N+](\[O-])N(C)CC(=O)NCc2cn(CC3(Cn4cc(CNC(=O)CN(C)/[N+]([O-])=N/O[C@@H]5O[C@H](COC(C)=O)[C@@H](OC(C)=O)[C@H](OC(C)=O)[C@H]5NC(C)=O)nn4)COC(c4ccccc4)OC3)nn2)O[C@H](COC(C)=O)[C@@H](OC(C)=O)[C@@H]1OC(C)=O. The van der Waals surface area contributed by atoms with Crippen LogP contribution in [0.1, 0.15) is 78.6 Å². The Morgan fingerprint density at radius 1 is 0.587 bits per heavy atom. The third kappa shape index (κ3) is 21.6. The molecule has 0 unspecified atom stereocenters. The van der Waals surface area contributed by atoms with Gasteiger partial charge in [0.15, 0.2) is 43.8 Å². The van der Waals surface area contributed by atoms with Crippen LogP contribution in [-0.2, 0) is 131 Å². The van der Waals surface area contributed by atoms with Crippen molar-refractivity contribution in [1.29, 1.82) is 0 Å². The van der Waals surface area contributed by atoms with E-state index in [9.17, 15) is 58.4 Å². The molecule has 6 rings (SSSR count). The molecule has 0 bridgehead atoms. The number of likely N-dealkylation sites (N-methyl/N-ethyl adjacent to an activating group) is 2. The van der Waals surface area contributed by atoms with Gasteiger partial charge in [-0.1, -0.05) is 40.8 Å². The average molecular weight is 1310 g/mol. The molecule has 5 heterocycles. The lowest BCUT2D eigenvalue weighted by atomic mass is 9.88. The third-order valence-corrected chi connectivity index (χ3v) is 13.2. The Bertz CT molecular complexity index is 2970. The van der Waals surface area contributed by atoms with Crippen LogP contribution in [0.4, 0.5) is 0 Å². The maximum atomic E-state index is 13.1. The fourth-order valence-corrected chi connectivity index (χ4v) is 9.40. The lowest BCUT2D eigenvalue weighted by molar-refractivity contribution is -0.706. The molecule has 504 valence electrons. The molecule has 0 aliphatic carbocycles. The topological polar surface area (TPSA) is 474 Å². The number of hydrogen-bond donors (Lipinski definition) is 4. The molecule has 2 aromatic heterocycles. The summed E-state index contributed by atoms with van der Waals surface area (Å²) in [6.45, 7) is 6.56. The summed E-state index contributed by atoms with van der Waals surface area (Å²) in [5.74, 6) is -7.61. The van der Waals surface area contributed by atoms with Crippen LogP contribution < -0.4 is 21.3 Å². The van der Waals surface area contributed by atoms with Crippen molar-refractivity contribution >= 4 is 59.4 Å². The van der Waals surface area contributed by atoms with Crippen LogP contribution in [0.25, 0.3) is 0 Å². The summed E-state index contributed by atoms with van der Waals surface area (Å²) in [7, 11) is 2.39. The zero-order chi connectivity index (χ0) is 67.4. The van der Waals surface area contributed by atoms with Gasteiger partial charge in [-0.2, -0.15) is 0 Å². The quantitative estimate of drug-likeness (QED) is 0.0181. The van der Waals surface area contributed by atoms with Crippen molar-refractivity contribution in [2.24, 2.45) is 16.0 Å². The zero-order valence-electron chi connectivity index (χ0n) is 51.6. The normalized spacial score (nSPS) is 24.7. The molecular formula is C52H72N16O24. The number of benzene rings is 1. The second kappa shape index (κ2) is 33.2. The summed E-state index contributed by atoms with van der Waals surface area (Å²) in [6, 6.07) is 6.34. The number of nitrogens with one attached hydrogen (secondary N) is 4. The third-order valence-electron chi connectivity index (χ3n) is 13.2.